The van der Waals surface area contributed by atoms with Crippen molar-refractivity contribution in [3.05, 3.63) is 42.2 Å². The normalized spacial score (nSPS) is 24.0. The largest absolute Gasteiger partial charge is 0.325 e. The fraction of sp³-hybridized carbons (Fsp3) is 0.450. The number of hydrogen-bond donors (Lipinski definition) is 2. The zero-order chi connectivity index (χ0) is 20.4. The Morgan fingerprint density at radius 2 is 2.07 bits per heavy atom. The molecule has 29 heavy (non-hydrogen) atoms. The molecule has 0 bridgehead atoms. The molecule has 2 N–H and O–H groups in total. The smallest absolute Gasteiger partial charge is 0.323 e. The van der Waals surface area contributed by atoms with E-state index in [1.165, 1.54) is 6.33 Å². The Bertz CT molecular complexity index is 927. The van der Waals surface area contributed by atoms with Crippen molar-refractivity contribution in [2.45, 2.75) is 44.7 Å². The van der Waals surface area contributed by atoms with Crippen LogP contribution in [0.3, 0.4) is 0 Å². The number of rotatable bonds is 5. The lowest BCUT2D eigenvalue weighted by atomic mass is 9.73. The maximum absolute atomic E-state index is 12.9. The summed E-state index contributed by atoms with van der Waals surface area (Å²) in [6, 6.07) is 9.24. The van der Waals surface area contributed by atoms with Crippen LogP contribution in [-0.4, -0.2) is 49.6 Å². The highest BCUT2D eigenvalue weighted by atomic mass is 16.2. The molecule has 2 aromatic rings. The molecule has 2 heterocycles. The molecule has 9 nitrogen and oxygen atoms in total. The van der Waals surface area contributed by atoms with E-state index in [4.69, 9.17) is 0 Å². The van der Waals surface area contributed by atoms with Crippen LogP contribution in [0.2, 0.25) is 0 Å². The Hall–Kier alpha value is -3.23. The molecule has 152 valence electrons. The van der Waals surface area contributed by atoms with Crippen LogP contribution in [0, 0.1) is 5.92 Å². The molecule has 2 fully saturated rings. The van der Waals surface area contributed by atoms with E-state index in [0.29, 0.717) is 13.0 Å². The monoisotopic (exact) mass is 396 g/mol. The lowest BCUT2D eigenvalue weighted by Gasteiger charge is -2.36. The molecule has 1 aliphatic carbocycles. The lowest BCUT2D eigenvalue weighted by molar-refractivity contribution is -0.136. The summed E-state index contributed by atoms with van der Waals surface area (Å²) in [5.74, 6) is -0.631. The van der Waals surface area contributed by atoms with Crippen LogP contribution >= 0.6 is 0 Å². The summed E-state index contributed by atoms with van der Waals surface area (Å²) in [6.07, 6.45) is 4.95. The van der Waals surface area contributed by atoms with Gasteiger partial charge in [-0.3, -0.25) is 19.8 Å². The van der Waals surface area contributed by atoms with Gasteiger partial charge in [-0.15, -0.1) is 5.10 Å². The van der Waals surface area contributed by atoms with E-state index in [1.807, 2.05) is 37.3 Å². The van der Waals surface area contributed by atoms with Crippen LogP contribution in [0.4, 0.5) is 10.7 Å². The highest BCUT2D eigenvalue weighted by Gasteiger charge is 2.55. The van der Waals surface area contributed by atoms with Crippen LogP contribution in [0.5, 0.6) is 0 Å². The van der Waals surface area contributed by atoms with Crippen LogP contribution in [-0.2, 0) is 16.1 Å². The second kappa shape index (κ2) is 7.65. The first-order valence-electron chi connectivity index (χ1n) is 9.85. The number of amides is 4. The molecule has 4 amide bonds. The standard InChI is InChI=1S/C20H24N6O3/c1-14-7-5-6-10-20(14)17(28)26(19(29)23-20)12-16(27)22-18-21-13-25(24-18)11-15-8-3-2-4-9-15/h2-4,8-9,13-14H,5-7,10-12H2,1H3,(H,23,29)(H,22,24,27)/t14-,20+/m1/s1. The lowest BCUT2D eigenvalue weighted by Crippen LogP contribution is -2.54. The molecule has 1 saturated heterocycles. The number of hydrogen-bond acceptors (Lipinski definition) is 5. The molecular weight excluding hydrogens is 372 g/mol. The van der Waals surface area contributed by atoms with Gasteiger partial charge in [0.2, 0.25) is 11.9 Å². The zero-order valence-corrected chi connectivity index (χ0v) is 16.3. The Morgan fingerprint density at radius 1 is 1.28 bits per heavy atom. The number of urea groups is 1. The second-order valence-electron chi connectivity index (χ2n) is 7.74. The number of benzene rings is 1. The number of nitrogens with zero attached hydrogens (tertiary/aromatic N) is 4. The Balaban J connectivity index is 1.37. The molecule has 0 unspecified atom stereocenters. The number of imide groups is 1. The molecule has 0 radical (unpaired) electrons. The molecule has 1 aliphatic heterocycles. The van der Waals surface area contributed by atoms with Gasteiger partial charge in [-0.1, -0.05) is 50.1 Å². The van der Waals surface area contributed by atoms with Gasteiger partial charge in [0.1, 0.15) is 18.4 Å². The highest BCUT2D eigenvalue weighted by Crippen LogP contribution is 2.38. The van der Waals surface area contributed by atoms with E-state index in [1.54, 1.807) is 4.68 Å². The average molecular weight is 396 g/mol. The maximum Gasteiger partial charge on any atom is 0.325 e. The molecule has 9 heteroatoms. The summed E-state index contributed by atoms with van der Waals surface area (Å²) in [4.78, 5) is 42.8. The van der Waals surface area contributed by atoms with Gasteiger partial charge in [-0.2, -0.15) is 0 Å². The highest BCUT2D eigenvalue weighted by molar-refractivity contribution is 6.10. The van der Waals surface area contributed by atoms with E-state index in [-0.39, 0.29) is 24.3 Å². The predicted octanol–water partition coefficient (Wildman–Crippen LogP) is 1.77. The second-order valence-corrected chi connectivity index (χ2v) is 7.74. The van der Waals surface area contributed by atoms with Crippen LogP contribution in [0.15, 0.2) is 36.7 Å². The Morgan fingerprint density at radius 3 is 2.83 bits per heavy atom. The van der Waals surface area contributed by atoms with Gasteiger partial charge in [0.15, 0.2) is 0 Å². The van der Waals surface area contributed by atoms with Crippen LogP contribution in [0.25, 0.3) is 0 Å². The summed E-state index contributed by atoms with van der Waals surface area (Å²) in [5, 5.41) is 9.63. The van der Waals surface area contributed by atoms with Crippen molar-refractivity contribution in [1.82, 2.24) is 25.0 Å². The molecule has 1 aromatic heterocycles. The summed E-state index contributed by atoms with van der Waals surface area (Å²) in [6.45, 7) is 2.15. The van der Waals surface area contributed by atoms with Crippen LogP contribution in [0.1, 0.15) is 38.2 Å². The number of carbonyl (C=O) groups excluding carboxylic acids is 3. The molecule has 2 atom stereocenters. The Kier molecular flexibility index (Phi) is 5.04. The topological polar surface area (TPSA) is 109 Å². The quantitative estimate of drug-likeness (QED) is 0.749. The van der Waals surface area contributed by atoms with Gasteiger partial charge in [0, 0.05) is 0 Å². The summed E-state index contributed by atoms with van der Waals surface area (Å²) >= 11 is 0. The third-order valence-electron chi connectivity index (χ3n) is 5.78. The van der Waals surface area contributed by atoms with Gasteiger partial charge in [-0.25, -0.2) is 14.5 Å². The van der Waals surface area contributed by atoms with E-state index >= 15 is 0 Å². The zero-order valence-electron chi connectivity index (χ0n) is 16.3. The maximum atomic E-state index is 12.9. The minimum atomic E-state index is -0.870. The van der Waals surface area contributed by atoms with Crippen molar-refractivity contribution in [1.29, 1.82) is 0 Å². The Labute approximate surface area is 168 Å². The molecule has 1 spiro atoms. The van der Waals surface area contributed by atoms with Gasteiger partial charge < -0.3 is 5.32 Å². The number of carbonyl (C=O) groups is 3. The minimum absolute atomic E-state index is 0.0520. The molecule has 1 saturated carbocycles. The summed E-state index contributed by atoms with van der Waals surface area (Å²) < 4.78 is 1.61. The predicted molar refractivity (Wildman–Crippen MR) is 105 cm³/mol. The van der Waals surface area contributed by atoms with E-state index in [9.17, 15) is 14.4 Å². The van der Waals surface area contributed by atoms with Gasteiger partial charge in [-0.05, 0) is 24.3 Å². The number of anilines is 1. The van der Waals surface area contributed by atoms with Gasteiger partial charge >= 0.3 is 6.03 Å². The molecule has 2 aliphatic rings. The third kappa shape index (κ3) is 3.72. The van der Waals surface area contributed by atoms with E-state index in [2.05, 4.69) is 20.7 Å². The van der Waals surface area contributed by atoms with Gasteiger partial charge in [0.05, 0.1) is 6.54 Å². The summed E-state index contributed by atoms with van der Waals surface area (Å²) in [7, 11) is 0. The van der Waals surface area contributed by atoms with Crippen molar-refractivity contribution in [3.8, 4) is 0 Å². The van der Waals surface area contributed by atoms with Crippen molar-refractivity contribution in [2.75, 3.05) is 11.9 Å². The van der Waals surface area contributed by atoms with Crippen molar-refractivity contribution in [2.24, 2.45) is 5.92 Å². The van der Waals surface area contributed by atoms with E-state index in [0.717, 1.165) is 29.7 Å². The molecular formula is C20H24N6O3. The fourth-order valence-corrected chi connectivity index (χ4v) is 4.15. The first kappa shape index (κ1) is 19.1. The first-order chi connectivity index (χ1) is 14.0. The van der Waals surface area contributed by atoms with Crippen molar-refractivity contribution in [3.63, 3.8) is 0 Å². The number of nitrogens with one attached hydrogen (secondary N) is 2. The fourth-order valence-electron chi connectivity index (χ4n) is 4.15. The molecule has 1 aromatic carbocycles. The third-order valence-corrected chi connectivity index (χ3v) is 5.78. The molecule has 4 rings (SSSR count). The summed E-state index contributed by atoms with van der Waals surface area (Å²) in [5.41, 5.74) is 0.187. The first-order valence-corrected chi connectivity index (χ1v) is 9.85. The average Bonchev–Trinajstić information content (AvgIpc) is 3.23. The van der Waals surface area contributed by atoms with Gasteiger partial charge in [0.25, 0.3) is 5.91 Å². The minimum Gasteiger partial charge on any atom is -0.323 e. The number of aromatic nitrogens is 3. The van der Waals surface area contributed by atoms with Crippen molar-refractivity contribution >= 4 is 23.8 Å². The SMILES string of the molecule is C[C@@H]1CCCC[C@]12NC(=O)N(CC(=O)Nc1ncn(Cc3ccccc3)n1)C2=O. The van der Waals surface area contributed by atoms with Crippen molar-refractivity contribution < 1.29 is 14.4 Å². The van der Waals surface area contributed by atoms with Crippen LogP contribution < -0.4 is 10.6 Å². The van der Waals surface area contributed by atoms with E-state index < -0.39 is 17.5 Å².